The number of para-hydroxylation sites is 1. The minimum Gasteiger partial charge on any atom is -0.871 e. The van der Waals surface area contributed by atoms with Gasteiger partial charge in [0.1, 0.15) is 27.2 Å². The van der Waals surface area contributed by atoms with Gasteiger partial charge in [-0.25, -0.2) is 8.42 Å². The maximum atomic E-state index is 12.1. The van der Waals surface area contributed by atoms with Crippen LogP contribution in [0.25, 0.3) is 0 Å². The zero-order valence-corrected chi connectivity index (χ0v) is 21.2. The van der Waals surface area contributed by atoms with Crippen LogP contribution >= 0.6 is 0 Å². The van der Waals surface area contributed by atoms with Gasteiger partial charge in [0.2, 0.25) is 0 Å². The van der Waals surface area contributed by atoms with Crippen LogP contribution in [0.4, 0.5) is 34.1 Å². The number of nitrogens with zero attached hydrogens (tertiary/aromatic N) is 5. The van der Waals surface area contributed by atoms with E-state index in [1.165, 1.54) is 12.1 Å². The van der Waals surface area contributed by atoms with Crippen molar-refractivity contribution in [2.75, 3.05) is 5.73 Å². The first-order valence-electron chi connectivity index (χ1n) is 8.64. The van der Waals surface area contributed by atoms with E-state index in [0.717, 1.165) is 36.4 Å². The molecule has 3 aromatic rings. The summed E-state index contributed by atoms with van der Waals surface area (Å²) in [5.74, 6) is -2.57. The van der Waals surface area contributed by atoms with Crippen molar-refractivity contribution in [3.05, 3.63) is 58.6 Å². The Morgan fingerprint density at radius 3 is 2.14 bits per heavy atom. The van der Waals surface area contributed by atoms with Crippen LogP contribution in [0.15, 0.2) is 73.9 Å². The summed E-state index contributed by atoms with van der Waals surface area (Å²) in [5, 5.41) is 59.4. The van der Waals surface area contributed by atoms with Gasteiger partial charge >= 0.3 is 46.6 Å². The van der Waals surface area contributed by atoms with Gasteiger partial charge in [0.25, 0.3) is 5.69 Å². The summed E-state index contributed by atoms with van der Waals surface area (Å²) in [4.78, 5) is 9.10. The molecule has 0 bridgehead atoms. The molecule has 0 amide bonds. The van der Waals surface area contributed by atoms with Gasteiger partial charge in [-0.15, -0.1) is 5.11 Å². The van der Waals surface area contributed by atoms with E-state index in [2.05, 4.69) is 20.5 Å². The first kappa shape index (κ1) is 29.9. The quantitative estimate of drug-likeness (QED) is 0.101. The van der Waals surface area contributed by atoms with Crippen molar-refractivity contribution in [3.63, 3.8) is 0 Å². The Labute approximate surface area is 229 Å². The molecule has 14 nitrogen and oxygen atoms in total. The van der Waals surface area contributed by atoms with E-state index in [1.54, 1.807) is 0 Å². The van der Waals surface area contributed by atoms with Gasteiger partial charge in [-0.1, -0.05) is 17.6 Å². The molecule has 0 aromatic heterocycles. The number of nitro groups is 1. The second-order valence-corrected chi connectivity index (χ2v) is 7.62. The van der Waals surface area contributed by atoms with E-state index >= 15 is 0 Å². The van der Waals surface area contributed by atoms with Gasteiger partial charge in [0, 0.05) is 11.0 Å². The third-order valence-corrected chi connectivity index (χ3v) is 4.89. The largest absolute Gasteiger partial charge is 2.00 e. The van der Waals surface area contributed by atoms with Gasteiger partial charge in [-0.2, -0.15) is 15.3 Å². The van der Waals surface area contributed by atoms with Crippen molar-refractivity contribution >= 4 is 44.2 Å². The molecular formula is C18H11CuN6NaO8S. The van der Waals surface area contributed by atoms with Crippen molar-refractivity contribution in [2.24, 2.45) is 20.5 Å². The first-order valence-corrected chi connectivity index (χ1v) is 10.1. The van der Waals surface area contributed by atoms with Crippen molar-refractivity contribution in [1.29, 1.82) is 0 Å². The summed E-state index contributed by atoms with van der Waals surface area (Å²) in [5.41, 5.74) is 4.04. The zero-order valence-electron chi connectivity index (χ0n) is 17.4. The minimum atomic E-state index is -5.04. The Bertz CT molecular complexity index is 1430. The molecule has 3 N–H and O–H groups in total. The van der Waals surface area contributed by atoms with Crippen LogP contribution in [-0.4, -0.2) is 23.0 Å². The van der Waals surface area contributed by atoms with Crippen LogP contribution in [0, 0.1) is 10.1 Å². The Morgan fingerprint density at radius 1 is 0.914 bits per heavy atom. The second kappa shape index (κ2) is 12.0. The van der Waals surface area contributed by atoms with E-state index < -0.39 is 42.9 Å². The summed E-state index contributed by atoms with van der Waals surface area (Å²) in [6.07, 6.45) is 0. The smallest absolute Gasteiger partial charge is 0.871 e. The van der Waals surface area contributed by atoms with Crippen LogP contribution in [0.2, 0.25) is 0 Å². The summed E-state index contributed by atoms with van der Waals surface area (Å²) in [6, 6.07) is 8.28. The van der Waals surface area contributed by atoms with Gasteiger partial charge in [0.05, 0.1) is 22.0 Å². The van der Waals surface area contributed by atoms with Crippen molar-refractivity contribution in [1.82, 2.24) is 0 Å². The molecule has 1 radical (unpaired) electrons. The fourth-order valence-corrected chi connectivity index (χ4v) is 3.05. The summed E-state index contributed by atoms with van der Waals surface area (Å²) >= 11 is 0. The number of aromatic hydroxyl groups is 1. The molecule has 0 saturated carbocycles. The molecular weight excluding hydrogens is 547 g/mol. The van der Waals surface area contributed by atoms with Crippen molar-refractivity contribution in [3.8, 4) is 17.2 Å². The number of anilines is 1. The number of benzene rings is 3. The molecule has 179 valence electrons. The number of azo groups is 2. The monoisotopic (exact) mass is 557 g/mol. The standard InChI is InChI=1S/C18H14N6O8S.Cu.Na/c19-10-6-9(4-5-14(10)24(28)29)20-22-12-7-13(16(26)8-15(12)25)23-21-11-2-1-3-17(18(11)27)33(30,31)32;;/h1-8,25-27H,19H2,(H,30,31,32);;/q;+2;+1/p-3. The third-order valence-electron chi connectivity index (χ3n) is 4.03. The number of rotatable bonds is 6. The molecule has 35 heavy (non-hydrogen) atoms. The molecule has 3 aromatic carbocycles. The van der Waals surface area contributed by atoms with Crippen LogP contribution in [0.3, 0.4) is 0 Å². The fourth-order valence-electron chi connectivity index (χ4n) is 2.47. The number of hydrogen-bond acceptors (Lipinski definition) is 13. The molecule has 0 aliphatic heterocycles. The van der Waals surface area contributed by atoms with E-state index in [1.807, 2.05) is 0 Å². The maximum Gasteiger partial charge on any atom is 2.00 e. The molecule has 0 saturated heterocycles. The molecule has 0 unspecified atom stereocenters. The molecule has 0 fully saturated rings. The minimum absolute atomic E-state index is 0. The van der Waals surface area contributed by atoms with Gasteiger partial charge in [-0.05, 0) is 36.4 Å². The van der Waals surface area contributed by atoms with E-state index in [4.69, 9.17) is 5.73 Å². The second-order valence-electron chi connectivity index (χ2n) is 6.27. The van der Waals surface area contributed by atoms with E-state index in [0.29, 0.717) is 0 Å². The number of nitrogen functional groups attached to an aromatic ring is 1. The molecule has 0 aliphatic rings. The van der Waals surface area contributed by atoms with Crippen LogP contribution in [0.1, 0.15) is 0 Å². The molecule has 3 rings (SSSR count). The average Bonchev–Trinajstić information content (AvgIpc) is 2.72. The summed E-state index contributed by atoms with van der Waals surface area (Å²) < 4.78 is 33.3. The third kappa shape index (κ3) is 7.19. The topological polar surface area (TPSA) is 242 Å². The summed E-state index contributed by atoms with van der Waals surface area (Å²) in [7, 11) is -5.04. The first-order chi connectivity index (χ1) is 15.5. The number of nitrogens with two attached hydrogens (primary N) is 1. The molecule has 0 atom stereocenters. The number of hydrogen-bond donors (Lipinski definition) is 2. The van der Waals surface area contributed by atoms with E-state index in [-0.39, 0.29) is 75.1 Å². The van der Waals surface area contributed by atoms with Gasteiger partial charge in [0.15, 0.2) is 0 Å². The van der Waals surface area contributed by atoms with E-state index in [9.17, 15) is 38.4 Å². The Morgan fingerprint density at radius 2 is 1.54 bits per heavy atom. The summed E-state index contributed by atoms with van der Waals surface area (Å²) in [6.45, 7) is 0. The molecule has 0 aliphatic carbocycles. The van der Waals surface area contributed by atoms with Gasteiger partial charge in [-0.3, -0.25) is 10.1 Å². The van der Waals surface area contributed by atoms with Crippen LogP contribution in [-0.2, 0) is 27.2 Å². The zero-order chi connectivity index (χ0) is 24.3. The van der Waals surface area contributed by atoms with Crippen LogP contribution in [0.5, 0.6) is 17.2 Å². The number of phenols is 1. The molecule has 17 heteroatoms. The predicted molar refractivity (Wildman–Crippen MR) is 107 cm³/mol. The SMILES string of the molecule is Nc1cc(N=Nc2cc(N=Nc3cccc(S(=O)(=O)[O-])c3[O-])c([O-])cc2O)ccc1[N+](=O)[O-].[Cu+2].[Na+]. The Hall–Kier alpha value is -3.11. The Balaban J connectivity index is 0.00000306. The molecule has 0 heterocycles. The predicted octanol–water partition coefficient (Wildman–Crippen LogP) is -0.234. The maximum absolute atomic E-state index is 12.1. The average molecular weight is 558 g/mol. The number of nitro benzene ring substituents is 1. The van der Waals surface area contributed by atoms with Crippen molar-refractivity contribution in [2.45, 2.75) is 4.90 Å². The van der Waals surface area contributed by atoms with Gasteiger partial charge < -0.3 is 25.6 Å². The Kier molecular flexibility index (Phi) is 10.3. The number of phenolic OH excluding ortho intramolecular Hbond substituents is 1. The van der Waals surface area contributed by atoms with Crippen LogP contribution < -0.4 is 45.5 Å². The normalized spacial score (nSPS) is 11.2. The fraction of sp³-hybridized carbons (Fsp3) is 0. The molecule has 0 spiro atoms. The van der Waals surface area contributed by atoms with Crippen molar-refractivity contribution < 1.29 is 79.8 Å².